The quantitative estimate of drug-likeness (QED) is 0.711. The lowest BCUT2D eigenvalue weighted by Crippen LogP contribution is -2.31. The number of carbonyl (C=O) groups is 1. The fourth-order valence-corrected chi connectivity index (χ4v) is 2.88. The maximum Gasteiger partial charge on any atom is 0.276 e. The first kappa shape index (κ1) is 15.7. The molecule has 1 amide bonds. The van der Waals surface area contributed by atoms with Gasteiger partial charge >= 0.3 is 0 Å². The fourth-order valence-electron chi connectivity index (χ4n) is 2.72. The van der Waals surface area contributed by atoms with Crippen LogP contribution in [0.15, 0.2) is 51.9 Å². The lowest BCUT2D eigenvalue weighted by molar-refractivity contribution is 0.0762. The number of likely N-dealkylation sites (tertiary alicyclic amines) is 1. The van der Waals surface area contributed by atoms with Crippen LogP contribution in [-0.4, -0.2) is 40.1 Å². The highest BCUT2D eigenvalue weighted by molar-refractivity contribution is 6.31. The molecule has 0 radical (unpaired) electrons. The number of pyridine rings is 1. The average Bonchev–Trinajstić information content (AvgIpc) is 3.37. The summed E-state index contributed by atoms with van der Waals surface area (Å²) in [5, 5.41) is 4.29. The second-order valence-electron chi connectivity index (χ2n) is 5.64. The number of hydrogen-bond donors (Lipinski definition) is 0. The molecule has 1 atom stereocenters. The van der Waals surface area contributed by atoms with Crippen LogP contribution in [0.3, 0.4) is 0 Å². The van der Waals surface area contributed by atoms with E-state index in [4.69, 9.17) is 25.3 Å². The summed E-state index contributed by atoms with van der Waals surface area (Å²) in [4.78, 5) is 18.2. The van der Waals surface area contributed by atoms with Crippen molar-refractivity contribution < 1.29 is 18.5 Å². The first-order chi connectivity index (χ1) is 12.2. The van der Waals surface area contributed by atoms with Gasteiger partial charge < -0.3 is 18.6 Å². The molecule has 3 aromatic rings. The monoisotopic (exact) mass is 359 g/mol. The Kier molecular flexibility index (Phi) is 4.15. The van der Waals surface area contributed by atoms with Crippen LogP contribution in [0.5, 0.6) is 5.75 Å². The van der Waals surface area contributed by atoms with Gasteiger partial charge in [0.2, 0.25) is 5.76 Å². The van der Waals surface area contributed by atoms with Gasteiger partial charge in [0.1, 0.15) is 16.9 Å². The molecule has 0 aliphatic carbocycles. The number of nitrogens with zero attached hydrogens (tertiary/aromatic N) is 3. The molecular weight excluding hydrogens is 346 g/mol. The van der Waals surface area contributed by atoms with Crippen LogP contribution >= 0.6 is 11.6 Å². The van der Waals surface area contributed by atoms with Crippen molar-refractivity contribution in [2.24, 2.45) is 0 Å². The van der Waals surface area contributed by atoms with Crippen LogP contribution in [0, 0.1) is 0 Å². The Morgan fingerprint density at radius 3 is 3.08 bits per heavy atom. The van der Waals surface area contributed by atoms with Gasteiger partial charge in [-0.3, -0.25) is 9.78 Å². The molecule has 4 rings (SSSR count). The number of hydrogen-bond acceptors (Lipinski definition) is 6. The number of furan rings is 1. The fraction of sp³-hybridized carbons (Fsp3) is 0.235. The van der Waals surface area contributed by atoms with Crippen molar-refractivity contribution >= 4 is 17.5 Å². The van der Waals surface area contributed by atoms with Gasteiger partial charge in [-0.25, -0.2) is 0 Å². The Bertz CT molecular complexity index is 878. The van der Waals surface area contributed by atoms with E-state index in [-0.39, 0.29) is 17.7 Å². The maximum atomic E-state index is 12.6. The van der Waals surface area contributed by atoms with E-state index in [1.54, 1.807) is 35.4 Å². The largest absolute Gasteiger partial charge is 0.487 e. The zero-order valence-corrected chi connectivity index (χ0v) is 13.8. The van der Waals surface area contributed by atoms with Crippen molar-refractivity contribution in [3.8, 4) is 17.3 Å². The zero-order chi connectivity index (χ0) is 17.2. The van der Waals surface area contributed by atoms with Crippen molar-refractivity contribution in [1.29, 1.82) is 0 Å². The summed E-state index contributed by atoms with van der Waals surface area (Å²) in [6.45, 7) is 1.04. The van der Waals surface area contributed by atoms with Crippen molar-refractivity contribution in [1.82, 2.24) is 15.0 Å². The topological polar surface area (TPSA) is 81.6 Å². The van der Waals surface area contributed by atoms with Gasteiger partial charge in [0.05, 0.1) is 12.8 Å². The summed E-state index contributed by atoms with van der Waals surface area (Å²) >= 11 is 6.05. The maximum absolute atomic E-state index is 12.6. The van der Waals surface area contributed by atoms with E-state index in [1.165, 1.54) is 12.5 Å². The van der Waals surface area contributed by atoms with Gasteiger partial charge in [-0.1, -0.05) is 16.8 Å². The van der Waals surface area contributed by atoms with Crippen LogP contribution in [0.2, 0.25) is 5.02 Å². The summed E-state index contributed by atoms with van der Waals surface area (Å²) in [6, 6.07) is 6.77. The zero-order valence-electron chi connectivity index (χ0n) is 13.1. The minimum absolute atomic E-state index is 0.125. The number of rotatable bonds is 4. The van der Waals surface area contributed by atoms with Crippen molar-refractivity contribution in [2.75, 3.05) is 13.1 Å². The Balaban J connectivity index is 1.41. The Labute approximate surface area is 148 Å². The molecular formula is C17H14ClN3O4. The van der Waals surface area contributed by atoms with Crippen molar-refractivity contribution in [2.45, 2.75) is 12.5 Å². The SMILES string of the molecule is O=C(c1cc(-c2ccco2)on1)N1CC[C@@H](Oc2ccncc2Cl)C1. The van der Waals surface area contributed by atoms with Crippen LogP contribution in [0.1, 0.15) is 16.9 Å². The standard InChI is InChI=1S/C17H14ClN3O4/c18-12-9-19-5-3-14(12)24-11-4-6-21(10-11)17(22)13-8-16(25-20-13)15-2-1-7-23-15/h1-3,5,7-9,11H,4,6,10H2/t11-/m1/s1. The summed E-state index contributed by atoms with van der Waals surface area (Å²) in [7, 11) is 0. The minimum Gasteiger partial charge on any atom is -0.487 e. The van der Waals surface area contributed by atoms with Gasteiger partial charge in [0.25, 0.3) is 5.91 Å². The third-order valence-corrected chi connectivity index (χ3v) is 4.24. The summed E-state index contributed by atoms with van der Waals surface area (Å²) in [5.41, 5.74) is 0.244. The summed E-state index contributed by atoms with van der Waals surface area (Å²) in [5.74, 6) is 1.32. The van der Waals surface area contributed by atoms with E-state index in [9.17, 15) is 4.79 Å². The van der Waals surface area contributed by atoms with Crippen molar-refractivity contribution in [3.05, 3.63) is 53.6 Å². The number of ether oxygens (including phenoxy) is 1. The summed E-state index contributed by atoms with van der Waals surface area (Å²) in [6.07, 6.45) is 5.27. The normalized spacial score (nSPS) is 17.0. The molecule has 1 fully saturated rings. The number of carbonyl (C=O) groups excluding carboxylic acids is 1. The molecule has 7 nitrogen and oxygen atoms in total. The van der Waals surface area contributed by atoms with E-state index in [2.05, 4.69) is 10.1 Å². The third-order valence-electron chi connectivity index (χ3n) is 3.95. The molecule has 3 aromatic heterocycles. The van der Waals surface area contributed by atoms with Gasteiger partial charge in [-0.15, -0.1) is 0 Å². The number of aromatic nitrogens is 2. The second-order valence-corrected chi connectivity index (χ2v) is 6.05. The van der Waals surface area contributed by atoms with E-state index < -0.39 is 0 Å². The molecule has 1 aliphatic heterocycles. The van der Waals surface area contributed by atoms with Gasteiger partial charge in [0, 0.05) is 37.5 Å². The molecule has 0 bridgehead atoms. The first-order valence-corrected chi connectivity index (χ1v) is 8.14. The van der Waals surface area contributed by atoms with E-state index in [1.807, 2.05) is 0 Å². The molecule has 4 heterocycles. The molecule has 1 saturated heterocycles. The van der Waals surface area contributed by atoms with Crippen LogP contribution < -0.4 is 4.74 Å². The lowest BCUT2D eigenvalue weighted by atomic mass is 10.3. The van der Waals surface area contributed by atoms with Crippen LogP contribution in [0.25, 0.3) is 11.5 Å². The van der Waals surface area contributed by atoms with E-state index in [0.717, 1.165) is 0 Å². The lowest BCUT2D eigenvalue weighted by Gasteiger charge is -2.16. The van der Waals surface area contributed by atoms with Crippen molar-refractivity contribution in [3.63, 3.8) is 0 Å². The summed E-state index contributed by atoms with van der Waals surface area (Å²) < 4.78 is 16.3. The third kappa shape index (κ3) is 3.23. The minimum atomic E-state index is -0.200. The smallest absolute Gasteiger partial charge is 0.276 e. The molecule has 0 unspecified atom stereocenters. The molecule has 0 aromatic carbocycles. The Morgan fingerprint density at radius 1 is 1.36 bits per heavy atom. The highest BCUT2D eigenvalue weighted by Crippen LogP contribution is 2.26. The predicted octanol–water partition coefficient (Wildman–Crippen LogP) is 3.28. The predicted molar refractivity (Wildman–Crippen MR) is 88.4 cm³/mol. The van der Waals surface area contributed by atoms with E-state index in [0.29, 0.717) is 41.8 Å². The number of halogens is 1. The molecule has 0 spiro atoms. The van der Waals surface area contributed by atoms with Gasteiger partial charge in [-0.05, 0) is 12.1 Å². The van der Waals surface area contributed by atoms with Crippen LogP contribution in [0.4, 0.5) is 0 Å². The highest BCUT2D eigenvalue weighted by atomic mass is 35.5. The van der Waals surface area contributed by atoms with E-state index >= 15 is 0 Å². The number of amides is 1. The molecule has 128 valence electrons. The Hall–Kier alpha value is -2.80. The highest BCUT2D eigenvalue weighted by Gasteiger charge is 2.30. The second kappa shape index (κ2) is 6.60. The Morgan fingerprint density at radius 2 is 2.28 bits per heavy atom. The average molecular weight is 360 g/mol. The molecule has 0 N–H and O–H groups in total. The van der Waals surface area contributed by atoms with Gasteiger partial charge in [-0.2, -0.15) is 0 Å². The van der Waals surface area contributed by atoms with Crippen LogP contribution in [-0.2, 0) is 0 Å². The van der Waals surface area contributed by atoms with Gasteiger partial charge in [0.15, 0.2) is 11.5 Å². The molecule has 25 heavy (non-hydrogen) atoms. The molecule has 8 heteroatoms. The first-order valence-electron chi connectivity index (χ1n) is 7.77. The molecule has 1 aliphatic rings. The molecule has 0 saturated carbocycles.